The second-order valence-electron chi connectivity index (χ2n) is 4.71. The van der Waals surface area contributed by atoms with Crippen molar-refractivity contribution < 1.29 is 9.59 Å². The lowest BCUT2D eigenvalue weighted by atomic mass is 10.2. The Morgan fingerprint density at radius 3 is 2.26 bits per heavy atom. The van der Waals surface area contributed by atoms with Gasteiger partial charge in [-0.2, -0.15) is 0 Å². The molecule has 0 fully saturated rings. The molecule has 0 aliphatic rings. The van der Waals surface area contributed by atoms with Gasteiger partial charge in [0.1, 0.15) is 0 Å². The molecule has 0 saturated heterocycles. The molecule has 0 radical (unpaired) electrons. The number of rotatable bonds is 6. The van der Waals surface area contributed by atoms with Crippen LogP contribution in [0.25, 0.3) is 0 Å². The van der Waals surface area contributed by atoms with E-state index in [0.717, 1.165) is 5.69 Å². The van der Waals surface area contributed by atoms with Crippen molar-refractivity contribution in [3.8, 4) is 0 Å². The average molecular weight is 263 g/mol. The summed E-state index contributed by atoms with van der Waals surface area (Å²) in [5, 5.41) is 8.31. The number of nitrogens with one attached hydrogen (secondary N) is 3. The van der Waals surface area contributed by atoms with Crippen molar-refractivity contribution in [3.05, 3.63) is 29.8 Å². The summed E-state index contributed by atoms with van der Waals surface area (Å²) in [4.78, 5) is 23.2. The van der Waals surface area contributed by atoms with Crippen LogP contribution in [0.2, 0.25) is 0 Å². The van der Waals surface area contributed by atoms with Crippen LogP contribution in [0.4, 0.5) is 5.69 Å². The van der Waals surface area contributed by atoms with E-state index in [2.05, 4.69) is 16.0 Å². The van der Waals surface area contributed by atoms with Crippen LogP contribution < -0.4 is 16.0 Å². The molecule has 2 amide bonds. The van der Waals surface area contributed by atoms with Crippen molar-refractivity contribution in [3.63, 3.8) is 0 Å². The summed E-state index contributed by atoms with van der Waals surface area (Å²) in [6, 6.07) is 7.06. The number of carbonyl (C=O) groups is 2. The summed E-state index contributed by atoms with van der Waals surface area (Å²) in [7, 11) is 1.81. The van der Waals surface area contributed by atoms with Gasteiger partial charge in [0.2, 0.25) is 5.91 Å². The summed E-state index contributed by atoms with van der Waals surface area (Å²) in [5.74, 6) is -0.0232. The minimum absolute atomic E-state index is 0.000662. The van der Waals surface area contributed by atoms with Gasteiger partial charge in [-0.15, -0.1) is 0 Å². The van der Waals surface area contributed by atoms with E-state index in [1.54, 1.807) is 12.1 Å². The van der Waals surface area contributed by atoms with Crippen molar-refractivity contribution in [1.29, 1.82) is 0 Å². The minimum atomic E-state index is -0.248. The number of anilines is 1. The third-order valence-electron chi connectivity index (χ3n) is 2.55. The van der Waals surface area contributed by atoms with Crippen LogP contribution in [0, 0.1) is 5.92 Å². The van der Waals surface area contributed by atoms with Gasteiger partial charge in [0.15, 0.2) is 0 Å². The number of benzene rings is 1. The van der Waals surface area contributed by atoms with Crippen molar-refractivity contribution in [1.82, 2.24) is 10.6 Å². The fraction of sp³-hybridized carbons (Fsp3) is 0.429. The van der Waals surface area contributed by atoms with Crippen LogP contribution >= 0.6 is 0 Å². The zero-order valence-electron chi connectivity index (χ0n) is 11.6. The van der Waals surface area contributed by atoms with Crippen LogP contribution in [0.15, 0.2) is 24.3 Å². The van der Waals surface area contributed by atoms with E-state index in [1.807, 2.05) is 33.0 Å². The predicted octanol–water partition coefficient (Wildman–Crippen LogP) is 1.23. The molecule has 1 aromatic carbocycles. The van der Waals surface area contributed by atoms with Gasteiger partial charge in [-0.05, 0) is 30.2 Å². The molecule has 3 N–H and O–H groups in total. The third kappa shape index (κ3) is 5.42. The summed E-state index contributed by atoms with van der Waals surface area (Å²) in [6.45, 7) is 4.65. The Kier molecular flexibility index (Phi) is 5.85. The van der Waals surface area contributed by atoms with Crippen LogP contribution in [0.5, 0.6) is 0 Å². The maximum atomic E-state index is 11.8. The van der Waals surface area contributed by atoms with Crippen LogP contribution in [0.3, 0.4) is 0 Å². The first-order valence-corrected chi connectivity index (χ1v) is 6.35. The molecule has 0 atom stereocenters. The van der Waals surface area contributed by atoms with E-state index in [4.69, 9.17) is 0 Å². The van der Waals surface area contributed by atoms with Crippen molar-refractivity contribution in [2.45, 2.75) is 13.8 Å². The molecule has 19 heavy (non-hydrogen) atoms. The molecule has 104 valence electrons. The first-order chi connectivity index (χ1) is 9.02. The quantitative estimate of drug-likeness (QED) is 0.723. The SMILES string of the molecule is CNc1ccc(C(=O)NCC(=O)NCC(C)C)cc1. The smallest absolute Gasteiger partial charge is 0.251 e. The lowest BCUT2D eigenvalue weighted by molar-refractivity contribution is -0.120. The number of hydrogen-bond acceptors (Lipinski definition) is 3. The molecule has 0 aliphatic heterocycles. The Morgan fingerprint density at radius 1 is 1.11 bits per heavy atom. The molecule has 0 aromatic heterocycles. The summed E-state index contributed by atoms with van der Waals surface area (Å²) in [5.41, 5.74) is 1.47. The van der Waals surface area contributed by atoms with Gasteiger partial charge in [-0.1, -0.05) is 13.8 Å². The normalized spacial score (nSPS) is 10.1. The second-order valence-corrected chi connectivity index (χ2v) is 4.71. The van der Waals surface area contributed by atoms with Gasteiger partial charge in [0, 0.05) is 24.8 Å². The summed E-state index contributed by atoms with van der Waals surface area (Å²) >= 11 is 0. The van der Waals surface area contributed by atoms with E-state index < -0.39 is 0 Å². The number of amides is 2. The van der Waals surface area contributed by atoms with E-state index in [1.165, 1.54) is 0 Å². The monoisotopic (exact) mass is 263 g/mol. The Balaban J connectivity index is 2.40. The van der Waals surface area contributed by atoms with Crippen molar-refractivity contribution >= 4 is 17.5 Å². The van der Waals surface area contributed by atoms with Gasteiger partial charge in [0.05, 0.1) is 6.54 Å². The highest BCUT2D eigenvalue weighted by molar-refractivity contribution is 5.96. The zero-order chi connectivity index (χ0) is 14.3. The largest absolute Gasteiger partial charge is 0.388 e. The van der Waals surface area contributed by atoms with Crippen molar-refractivity contribution in [2.24, 2.45) is 5.92 Å². The van der Waals surface area contributed by atoms with Crippen LogP contribution in [-0.4, -0.2) is 32.0 Å². The molecular formula is C14H21N3O2. The van der Waals surface area contributed by atoms with Gasteiger partial charge in [0.25, 0.3) is 5.91 Å². The third-order valence-corrected chi connectivity index (χ3v) is 2.55. The standard InChI is InChI=1S/C14H21N3O2/c1-10(2)8-16-13(18)9-17-14(19)11-4-6-12(15-3)7-5-11/h4-7,10,15H,8-9H2,1-3H3,(H,16,18)(H,17,19). The zero-order valence-corrected chi connectivity index (χ0v) is 11.6. The Bertz CT molecular complexity index is 427. The molecule has 0 unspecified atom stereocenters. The second kappa shape index (κ2) is 7.41. The van der Waals surface area contributed by atoms with E-state index in [9.17, 15) is 9.59 Å². The molecule has 0 spiro atoms. The topological polar surface area (TPSA) is 70.2 Å². The van der Waals surface area contributed by atoms with Gasteiger partial charge < -0.3 is 16.0 Å². The molecular weight excluding hydrogens is 242 g/mol. The van der Waals surface area contributed by atoms with E-state index in [0.29, 0.717) is 18.0 Å². The number of hydrogen-bond donors (Lipinski definition) is 3. The van der Waals surface area contributed by atoms with E-state index in [-0.39, 0.29) is 18.4 Å². The first-order valence-electron chi connectivity index (χ1n) is 6.35. The molecule has 0 heterocycles. The van der Waals surface area contributed by atoms with Crippen molar-refractivity contribution in [2.75, 3.05) is 25.5 Å². The fourth-order valence-electron chi connectivity index (χ4n) is 1.43. The highest BCUT2D eigenvalue weighted by atomic mass is 16.2. The first kappa shape index (κ1) is 15.0. The molecule has 0 aliphatic carbocycles. The maximum absolute atomic E-state index is 11.8. The van der Waals surface area contributed by atoms with Gasteiger partial charge in [-0.3, -0.25) is 9.59 Å². The van der Waals surface area contributed by atoms with Crippen LogP contribution in [-0.2, 0) is 4.79 Å². The molecule has 5 heteroatoms. The Hall–Kier alpha value is -2.04. The van der Waals surface area contributed by atoms with E-state index >= 15 is 0 Å². The minimum Gasteiger partial charge on any atom is -0.388 e. The summed E-state index contributed by atoms with van der Waals surface area (Å²) < 4.78 is 0. The Labute approximate surface area is 113 Å². The summed E-state index contributed by atoms with van der Waals surface area (Å²) in [6.07, 6.45) is 0. The number of carbonyl (C=O) groups excluding carboxylic acids is 2. The lowest BCUT2D eigenvalue weighted by Crippen LogP contribution is -2.38. The van der Waals surface area contributed by atoms with Gasteiger partial charge >= 0.3 is 0 Å². The van der Waals surface area contributed by atoms with Crippen LogP contribution in [0.1, 0.15) is 24.2 Å². The maximum Gasteiger partial charge on any atom is 0.251 e. The highest BCUT2D eigenvalue weighted by Gasteiger charge is 2.07. The average Bonchev–Trinajstić information content (AvgIpc) is 2.42. The molecule has 5 nitrogen and oxygen atoms in total. The fourth-order valence-corrected chi connectivity index (χ4v) is 1.43. The molecule has 1 aromatic rings. The predicted molar refractivity (Wildman–Crippen MR) is 76.2 cm³/mol. The highest BCUT2D eigenvalue weighted by Crippen LogP contribution is 2.08. The molecule has 0 bridgehead atoms. The van der Waals surface area contributed by atoms with Gasteiger partial charge in [-0.25, -0.2) is 0 Å². The molecule has 0 saturated carbocycles. The Morgan fingerprint density at radius 2 is 1.74 bits per heavy atom. The molecule has 1 rings (SSSR count). The lowest BCUT2D eigenvalue weighted by Gasteiger charge is -2.09.